The molecule has 18 heavy (non-hydrogen) atoms. The number of nitro groups is 1. The van der Waals surface area contributed by atoms with E-state index in [2.05, 4.69) is 5.10 Å². The number of nitrogens with zero attached hydrogens (tertiary/aromatic N) is 4. The van der Waals surface area contributed by atoms with Gasteiger partial charge in [-0.2, -0.15) is 5.10 Å². The molecule has 0 radical (unpaired) electrons. The van der Waals surface area contributed by atoms with E-state index in [1.165, 1.54) is 6.20 Å². The predicted molar refractivity (Wildman–Crippen MR) is 64.1 cm³/mol. The minimum atomic E-state index is -0.413. The lowest BCUT2D eigenvalue weighted by molar-refractivity contribution is -0.385. The largest absolute Gasteiger partial charge is 0.343 e. The van der Waals surface area contributed by atoms with Gasteiger partial charge in [-0.25, -0.2) is 0 Å². The Kier molecular flexibility index (Phi) is 3.31. The Hall–Kier alpha value is -1.92. The summed E-state index contributed by atoms with van der Waals surface area (Å²) < 4.78 is 1.72. The van der Waals surface area contributed by atoms with Gasteiger partial charge in [0.05, 0.1) is 11.0 Å². The molecule has 7 heteroatoms. The standard InChI is InChI=1S/C11H16N4O3/c1-8-11(15(17)18)7-12-14(8)10-3-5-13(6-4-10)9(2)16/h7,10H,3-6H2,1-2H3. The summed E-state index contributed by atoms with van der Waals surface area (Å²) in [5.74, 6) is 0.0802. The number of piperidine rings is 1. The maximum absolute atomic E-state index is 11.2. The van der Waals surface area contributed by atoms with E-state index in [9.17, 15) is 14.9 Å². The predicted octanol–water partition coefficient (Wildman–Crippen LogP) is 1.28. The molecular weight excluding hydrogens is 236 g/mol. The highest BCUT2D eigenvalue weighted by Gasteiger charge is 2.26. The Morgan fingerprint density at radius 3 is 2.56 bits per heavy atom. The highest BCUT2D eigenvalue weighted by Crippen LogP contribution is 2.27. The number of carbonyl (C=O) groups excluding carboxylic acids is 1. The third-order valence-electron chi connectivity index (χ3n) is 3.47. The molecule has 0 atom stereocenters. The third-order valence-corrected chi connectivity index (χ3v) is 3.47. The molecule has 7 nitrogen and oxygen atoms in total. The Balaban J connectivity index is 2.10. The second-order valence-electron chi connectivity index (χ2n) is 4.55. The maximum Gasteiger partial charge on any atom is 0.309 e. The van der Waals surface area contributed by atoms with E-state index in [1.54, 1.807) is 23.4 Å². The fourth-order valence-electron chi connectivity index (χ4n) is 2.39. The normalized spacial score (nSPS) is 16.9. The molecule has 1 aromatic rings. The van der Waals surface area contributed by atoms with Crippen LogP contribution < -0.4 is 0 Å². The molecule has 1 aliphatic rings. The SMILES string of the molecule is CC(=O)N1CCC(n2ncc([N+](=O)[O-])c2C)CC1. The summed E-state index contributed by atoms with van der Waals surface area (Å²) in [4.78, 5) is 23.4. The quantitative estimate of drug-likeness (QED) is 0.586. The van der Waals surface area contributed by atoms with E-state index >= 15 is 0 Å². The topological polar surface area (TPSA) is 81.3 Å². The summed E-state index contributed by atoms with van der Waals surface area (Å²) in [6.45, 7) is 4.65. The van der Waals surface area contributed by atoms with Gasteiger partial charge in [-0.3, -0.25) is 19.6 Å². The Bertz CT molecular complexity index is 475. The van der Waals surface area contributed by atoms with Gasteiger partial charge in [-0.15, -0.1) is 0 Å². The van der Waals surface area contributed by atoms with Crippen molar-refractivity contribution in [2.24, 2.45) is 0 Å². The number of likely N-dealkylation sites (tertiary alicyclic amines) is 1. The molecule has 2 heterocycles. The van der Waals surface area contributed by atoms with E-state index in [4.69, 9.17) is 0 Å². The van der Waals surface area contributed by atoms with E-state index in [-0.39, 0.29) is 17.6 Å². The van der Waals surface area contributed by atoms with E-state index in [1.807, 2.05) is 0 Å². The van der Waals surface area contributed by atoms with Crippen LogP contribution in [0.15, 0.2) is 6.20 Å². The zero-order chi connectivity index (χ0) is 13.3. The summed E-state index contributed by atoms with van der Waals surface area (Å²) in [5, 5.41) is 14.9. The van der Waals surface area contributed by atoms with Crippen LogP contribution in [-0.2, 0) is 4.79 Å². The van der Waals surface area contributed by atoms with Crippen molar-refractivity contribution in [3.63, 3.8) is 0 Å². The summed E-state index contributed by atoms with van der Waals surface area (Å²) in [7, 11) is 0. The van der Waals surface area contributed by atoms with Crippen LogP contribution in [0.1, 0.15) is 31.5 Å². The van der Waals surface area contributed by atoms with Gasteiger partial charge in [-0.05, 0) is 19.8 Å². The van der Waals surface area contributed by atoms with Gasteiger partial charge in [0.25, 0.3) is 0 Å². The van der Waals surface area contributed by atoms with Gasteiger partial charge < -0.3 is 4.90 Å². The van der Waals surface area contributed by atoms with Gasteiger partial charge in [0.15, 0.2) is 0 Å². The summed E-state index contributed by atoms with van der Waals surface area (Å²) in [6, 6.07) is 0.147. The van der Waals surface area contributed by atoms with Gasteiger partial charge in [-0.1, -0.05) is 0 Å². The lowest BCUT2D eigenvalue weighted by Crippen LogP contribution is -2.38. The highest BCUT2D eigenvalue weighted by atomic mass is 16.6. The molecule has 1 aromatic heterocycles. The first-order valence-electron chi connectivity index (χ1n) is 5.94. The van der Waals surface area contributed by atoms with Crippen molar-refractivity contribution in [2.75, 3.05) is 13.1 Å². The number of hydrogen-bond acceptors (Lipinski definition) is 4. The van der Waals surface area contributed by atoms with Gasteiger partial charge in [0.2, 0.25) is 5.91 Å². The molecule has 0 aliphatic carbocycles. The minimum Gasteiger partial charge on any atom is -0.343 e. The second kappa shape index (κ2) is 4.75. The van der Waals surface area contributed by atoms with E-state index < -0.39 is 4.92 Å². The smallest absolute Gasteiger partial charge is 0.309 e. The van der Waals surface area contributed by atoms with Crippen LogP contribution in [-0.4, -0.2) is 38.6 Å². The zero-order valence-electron chi connectivity index (χ0n) is 10.5. The summed E-state index contributed by atoms with van der Waals surface area (Å²) in [5.41, 5.74) is 0.644. The Labute approximate surface area is 105 Å². The van der Waals surface area contributed by atoms with Crippen molar-refractivity contribution in [3.05, 3.63) is 22.0 Å². The maximum atomic E-state index is 11.2. The molecule has 1 fully saturated rings. The molecule has 1 saturated heterocycles. The average molecular weight is 252 g/mol. The molecule has 0 spiro atoms. The Morgan fingerprint density at radius 2 is 2.11 bits per heavy atom. The minimum absolute atomic E-state index is 0.0593. The van der Waals surface area contributed by atoms with Crippen LogP contribution in [0.4, 0.5) is 5.69 Å². The van der Waals surface area contributed by atoms with Crippen LogP contribution in [0.5, 0.6) is 0 Å². The van der Waals surface area contributed by atoms with Crippen molar-refractivity contribution in [3.8, 4) is 0 Å². The van der Waals surface area contributed by atoms with Crippen LogP contribution in [0, 0.1) is 17.0 Å². The molecule has 0 unspecified atom stereocenters. The first kappa shape index (κ1) is 12.5. The fourth-order valence-corrected chi connectivity index (χ4v) is 2.39. The first-order chi connectivity index (χ1) is 8.50. The molecular formula is C11H16N4O3. The lowest BCUT2D eigenvalue weighted by Gasteiger charge is -2.31. The van der Waals surface area contributed by atoms with Crippen molar-refractivity contribution in [2.45, 2.75) is 32.7 Å². The monoisotopic (exact) mass is 252 g/mol. The molecule has 1 aliphatic heterocycles. The van der Waals surface area contributed by atoms with Crippen LogP contribution in [0.3, 0.4) is 0 Å². The average Bonchev–Trinajstić information content (AvgIpc) is 2.71. The van der Waals surface area contributed by atoms with E-state index in [0.29, 0.717) is 18.8 Å². The molecule has 98 valence electrons. The highest BCUT2D eigenvalue weighted by molar-refractivity contribution is 5.73. The van der Waals surface area contributed by atoms with Crippen molar-refractivity contribution in [1.29, 1.82) is 0 Å². The van der Waals surface area contributed by atoms with Crippen molar-refractivity contribution >= 4 is 11.6 Å². The zero-order valence-corrected chi connectivity index (χ0v) is 10.5. The fraction of sp³-hybridized carbons (Fsp3) is 0.636. The van der Waals surface area contributed by atoms with E-state index in [0.717, 1.165) is 12.8 Å². The molecule has 0 aromatic carbocycles. The lowest BCUT2D eigenvalue weighted by atomic mass is 10.1. The first-order valence-corrected chi connectivity index (χ1v) is 5.94. The summed E-state index contributed by atoms with van der Waals surface area (Å²) >= 11 is 0. The number of amides is 1. The van der Waals surface area contributed by atoms with Gasteiger partial charge in [0, 0.05) is 20.0 Å². The number of rotatable bonds is 2. The molecule has 0 N–H and O–H groups in total. The molecule has 2 rings (SSSR count). The van der Waals surface area contributed by atoms with Gasteiger partial charge >= 0.3 is 5.69 Å². The van der Waals surface area contributed by atoms with Crippen molar-refractivity contribution in [1.82, 2.24) is 14.7 Å². The van der Waals surface area contributed by atoms with Crippen LogP contribution in [0.25, 0.3) is 0 Å². The Morgan fingerprint density at radius 1 is 1.50 bits per heavy atom. The number of carbonyl (C=O) groups is 1. The summed E-state index contributed by atoms with van der Waals surface area (Å²) in [6.07, 6.45) is 2.88. The third kappa shape index (κ3) is 2.20. The van der Waals surface area contributed by atoms with Gasteiger partial charge in [0.1, 0.15) is 11.9 Å². The van der Waals surface area contributed by atoms with Crippen LogP contribution in [0.2, 0.25) is 0 Å². The molecule has 0 bridgehead atoms. The number of hydrogen-bond donors (Lipinski definition) is 0. The van der Waals surface area contributed by atoms with Crippen molar-refractivity contribution < 1.29 is 9.72 Å². The molecule has 1 amide bonds. The molecule has 0 saturated carbocycles. The number of aromatic nitrogens is 2. The van der Waals surface area contributed by atoms with Crippen LogP contribution >= 0.6 is 0 Å². The second-order valence-corrected chi connectivity index (χ2v) is 4.55.